The number of hydrogen-bond donors (Lipinski definition) is 0. The van der Waals surface area contributed by atoms with Crippen LogP contribution in [0.1, 0.15) is 63.3 Å². The van der Waals surface area contributed by atoms with E-state index in [1.165, 1.54) is 4.88 Å². The van der Waals surface area contributed by atoms with Crippen LogP contribution >= 0.6 is 11.3 Å². The van der Waals surface area contributed by atoms with Crippen molar-refractivity contribution < 1.29 is 14.3 Å². The molecule has 1 amide bonds. The summed E-state index contributed by atoms with van der Waals surface area (Å²) < 4.78 is 13.7. The zero-order valence-corrected chi connectivity index (χ0v) is 22.6. The van der Waals surface area contributed by atoms with Gasteiger partial charge in [0.2, 0.25) is 0 Å². The maximum Gasteiger partial charge on any atom is 0.410 e. The number of benzene rings is 1. The Bertz CT molecular complexity index is 1330. The average Bonchev–Trinajstić information content (AvgIpc) is 3.37. The zero-order chi connectivity index (χ0) is 25.6. The van der Waals surface area contributed by atoms with Crippen LogP contribution in [0.4, 0.5) is 4.79 Å². The number of aryl methyl sites for hydroxylation is 1. The molecular weight excluding hydrogens is 474 g/mol. The second-order valence-electron chi connectivity index (χ2n) is 10.5. The fraction of sp³-hybridized carbons (Fsp3) is 0.481. The van der Waals surface area contributed by atoms with Crippen LogP contribution in [-0.2, 0) is 11.2 Å². The SMILES string of the molecule is Cc1nc(-c2nc3c(s2)CCOc2cc(C4=CCCN(C(=O)OC(C)(C)C)C4)ccc2-3)n(C(C)C)n1. The van der Waals surface area contributed by atoms with Crippen LogP contribution in [0.25, 0.3) is 27.7 Å². The Balaban J connectivity index is 1.44. The highest BCUT2D eigenvalue weighted by molar-refractivity contribution is 7.15. The van der Waals surface area contributed by atoms with Crippen LogP contribution < -0.4 is 4.74 Å². The molecule has 2 aliphatic heterocycles. The smallest absolute Gasteiger partial charge is 0.410 e. The number of carbonyl (C=O) groups is 1. The first-order chi connectivity index (χ1) is 17.1. The van der Waals surface area contributed by atoms with Gasteiger partial charge in [0, 0.05) is 36.0 Å². The van der Waals surface area contributed by atoms with Crippen LogP contribution in [0, 0.1) is 6.92 Å². The number of rotatable bonds is 3. The van der Waals surface area contributed by atoms with Gasteiger partial charge >= 0.3 is 6.09 Å². The zero-order valence-electron chi connectivity index (χ0n) is 21.8. The summed E-state index contributed by atoms with van der Waals surface area (Å²) in [6, 6.07) is 6.47. The summed E-state index contributed by atoms with van der Waals surface area (Å²) in [5, 5.41) is 5.44. The number of thiazole rings is 1. The van der Waals surface area contributed by atoms with Gasteiger partial charge in [-0.2, -0.15) is 5.10 Å². The van der Waals surface area contributed by atoms with E-state index in [0.29, 0.717) is 19.7 Å². The normalized spacial score (nSPS) is 15.6. The van der Waals surface area contributed by atoms with Crippen LogP contribution in [0.3, 0.4) is 0 Å². The molecular formula is C27H33N5O3S. The summed E-state index contributed by atoms with van der Waals surface area (Å²) in [5.74, 6) is 2.38. The number of hydrogen-bond acceptors (Lipinski definition) is 7. The molecule has 190 valence electrons. The molecule has 0 N–H and O–H groups in total. The van der Waals surface area contributed by atoms with Gasteiger partial charge < -0.3 is 14.4 Å². The quantitative estimate of drug-likeness (QED) is 0.438. The molecule has 0 radical (unpaired) electrons. The molecule has 1 aromatic carbocycles. The van der Waals surface area contributed by atoms with Crippen LogP contribution in [0.2, 0.25) is 0 Å². The van der Waals surface area contributed by atoms with Gasteiger partial charge in [0.15, 0.2) is 10.8 Å². The fourth-order valence-corrected chi connectivity index (χ4v) is 5.53. The lowest BCUT2D eigenvalue weighted by Crippen LogP contribution is -2.39. The van der Waals surface area contributed by atoms with Gasteiger partial charge in [0.25, 0.3) is 0 Å². The van der Waals surface area contributed by atoms with E-state index in [0.717, 1.165) is 57.6 Å². The van der Waals surface area contributed by atoms with E-state index in [1.807, 2.05) is 32.4 Å². The number of ether oxygens (including phenoxy) is 2. The fourth-order valence-electron chi connectivity index (χ4n) is 4.49. The Morgan fingerprint density at radius 2 is 2.03 bits per heavy atom. The standard InChI is InChI=1S/C27H33N5O3S/c1-16(2)32-24(28-17(3)30-32)25-29-23-20-10-9-18(14-21(20)34-13-11-22(23)36-25)19-8-7-12-31(15-19)26(33)35-27(4,5)6/h8-10,14,16H,7,11-13,15H2,1-6H3. The molecule has 4 heterocycles. The molecule has 0 saturated heterocycles. The van der Waals surface area contributed by atoms with Crippen molar-refractivity contribution in [2.24, 2.45) is 0 Å². The molecule has 0 saturated carbocycles. The largest absolute Gasteiger partial charge is 0.492 e. The minimum Gasteiger partial charge on any atom is -0.492 e. The molecule has 2 aliphatic rings. The highest BCUT2D eigenvalue weighted by Crippen LogP contribution is 2.41. The molecule has 0 spiro atoms. The van der Waals surface area contributed by atoms with Crippen molar-refractivity contribution in [2.45, 2.75) is 66.0 Å². The Morgan fingerprint density at radius 3 is 2.78 bits per heavy atom. The first kappa shape index (κ1) is 24.5. The van der Waals surface area contributed by atoms with Crippen molar-refractivity contribution in [3.05, 3.63) is 40.5 Å². The summed E-state index contributed by atoms with van der Waals surface area (Å²) in [6.07, 6.45) is 3.51. The van der Waals surface area contributed by atoms with Crippen molar-refractivity contribution in [3.63, 3.8) is 0 Å². The molecule has 0 bridgehead atoms. The van der Waals surface area contributed by atoms with Gasteiger partial charge in [-0.3, -0.25) is 0 Å². The first-order valence-corrected chi connectivity index (χ1v) is 13.3. The predicted molar refractivity (Wildman–Crippen MR) is 141 cm³/mol. The minimum atomic E-state index is -0.512. The van der Waals surface area contributed by atoms with Gasteiger partial charge in [-0.05, 0) is 71.2 Å². The van der Waals surface area contributed by atoms with Crippen molar-refractivity contribution in [1.82, 2.24) is 24.6 Å². The molecule has 0 unspecified atom stereocenters. The maximum absolute atomic E-state index is 12.6. The summed E-state index contributed by atoms with van der Waals surface area (Å²) in [7, 11) is 0. The van der Waals surface area contributed by atoms with E-state index in [-0.39, 0.29) is 12.1 Å². The third-order valence-corrected chi connectivity index (χ3v) is 7.22. The van der Waals surface area contributed by atoms with Gasteiger partial charge in [0.1, 0.15) is 17.2 Å². The van der Waals surface area contributed by atoms with E-state index >= 15 is 0 Å². The van der Waals surface area contributed by atoms with Crippen molar-refractivity contribution >= 4 is 23.0 Å². The lowest BCUT2D eigenvalue weighted by molar-refractivity contribution is 0.0273. The van der Waals surface area contributed by atoms with E-state index in [9.17, 15) is 4.79 Å². The molecule has 0 fully saturated rings. The van der Waals surface area contributed by atoms with Gasteiger partial charge in [0.05, 0.1) is 12.3 Å². The Hall–Kier alpha value is -3.20. The van der Waals surface area contributed by atoms with Crippen molar-refractivity contribution in [1.29, 1.82) is 0 Å². The molecule has 9 heteroatoms. The van der Waals surface area contributed by atoms with E-state index < -0.39 is 5.60 Å². The number of aromatic nitrogens is 4. The average molecular weight is 508 g/mol. The predicted octanol–water partition coefficient (Wildman–Crippen LogP) is 5.92. The molecule has 8 nitrogen and oxygen atoms in total. The van der Waals surface area contributed by atoms with Gasteiger partial charge in [-0.25, -0.2) is 19.4 Å². The summed E-state index contributed by atoms with van der Waals surface area (Å²) in [6.45, 7) is 13.6. The molecule has 2 aromatic heterocycles. The van der Waals surface area contributed by atoms with Crippen LogP contribution in [0.5, 0.6) is 5.75 Å². The summed E-state index contributed by atoms with van der Waals surface area (Å²) >= 11 is 1.67. The highest BCUT2D eigenvalue weighted by atomic mass is 32.1. The number of amides is 1. The molecule has 3 aromatic rings. The number of fused-ring (bicyclic) bond motifs is 3. The summed E-state index contributed by atoms with van der Waals surface area (Å²) in [4.78, 5) is 25.3. The molecule has 0 atom stereocenters. The van der Waals surface area contributed by atoms with Crippen LogP contribution in [0.15, 0.2) is 24.3 Å². The number of carbonyl (C=O) groups excluding carboxylic acids is 1. The number of nitrogens with zero attached hydrogens (tertiary/aromatic N) is 5. The van der Waals surface area contributed by atoms with E-state index in [4.69, 9.17) is 14.5 Å². The topological polar surface area (TPSA) is 82.4 Å². The minimum absolute atomic E-state index is 0.201. The third kappa shape index (κ3) is 4.89. The second-order valence-corrected chi connectivity index (χ2v) is 11.6. The monoisotopic (exact) mass is 507 g/mol. The second kappa shape index (κ2) is 9.35. The summed E-state index contributed by atoms with van der Waals surface area (Å²) in [5.41, 5.74) is 3.58. The van der Waals surface area contributed by atoms with E-state index in [1.54, 1.807) is 16.2 Å². The van der Waals surface area contributed by atoms with Crippen LogP contribution in [-0.4, -0.2) is 56.0 Å². The Morgan fingerprint density at radius 1 is 1.22 bits per heavy atom. The van der Waals surface area contributed by atoms with Gasteiger partial charge in [-0.15, -0.1) is 11.3 Å². The van der Waals surface area contributed by atoms with Crippen molar-refractivity contribution in [2.75, 3.05) is 19.7 Å². The highest BCUT2D eigenvalue weighted by Gasteiger charge is 2.27. The molecule has 0 aliphatic carbocycles. The third-order valence-electron chi connectivity index (χ3n) is 6.11. The first-order valence-electron chi connectivity index (χ1n) is 12.5. The lowest BCUT2D eigenvalue weighted by atomic mass is 9.98. The van der Waals surface area contributed by atoms with Crippen molar-refractivity contribution in [3.8, 4) is 27.8 Å². The molecule has 5 rings (SSSR count). The Kier molecular flexibility index (Phi) is 6.36. The van der Waals surface area contributed by atoms with Gasteiger partial charge in [-0.1, -0.05) is 12.1 Å². The Labute approximate surface area is 216 Å². The maximum atomic E-state index is 12.6. The lowest BCUT2D eigenvalue weighted by Gasteiger charge is -2.30. The molecule has 36 heavy (non-hydrogen) atoms. The van der Waals surface area contributed by atoms with E-state index in [2.05, 4.69) is 48.2 Å².